The maximum absolute atomic E-state index is 6.05. The van der Waals surface area contributed by atoms with E-state index in [1.54, 1.807) is 0 Å². The average molecular weight is 315 g/mol. The van der Waals surface area contributed by atoms with Gasteiger partial charge in [-0.25, -0.2) is 0 Å². The van der Waals surface area contributed by atoms with Crippen molar-refractivity contribution >= 4 is 17.3 Å². The fourth-order valence-electron chi connectivity index (χ4n) is 3.18. The molecule has 2 aromatic rings. The molecule has 1 unspecified atom stereocenters. The number of nitrogens with one attached hydrogen (secondary N) is 1. The van der Waals surface area contributed by atoms with Crippen molar-refractivity contribution in [1.29, 1.82) is 0 Å². The first-order valence-corrected chi connectivity index (χ1v) is 8.39. The molecule has 0 aromatic heterocycles. The number of hydrogen-bond donors (Lipinski definition) is 1. The number of anilines is 1. The van der Waals surface area contributed by atoms with Crippen molar-refractivity contribution in [2.75, 3.05) is 24.5 Å². The van der Waals surface area contributed by atoms with E-state index in [9.17, 15) is 0 Å². The first-order valence-electron chi connectivity index (χ1n) is 8.02. The Morgan fingerprint density at radius 2 is 1.86 bits per heavy atom. The van der Waals surface area contributed by atoms with Gasteiger partial charge in [-0.2, -0.15) is 0 Å². The Labute approximate surface area is 138 Å². The molecule has 22 heavy (non-hydrogen) atoms. The number of halogens is 1. The number of nitrogens with zero attached hydrogens (tertiary/aromatic N) is 1. The molecule has 3 heteroatoms. The molecule has 2 nitrogen and oxygen atoms in total. The zero-order chi connectivity index (χ0) is 15.4. The molecule has 1 heterocycles. The van der Waals surface area contributed by atoms with Gasteiger partial charge in [0.1, 0.15) is 0 Å². The molecule has 0 aliphatic carbocycles. The summed E-state index contributed by atoms with van der Waals surface area (Å²) in [5.74, 6) is 0.710. The number of rotatable bonds is 5. The summed E-state index contributed by atoms with van der Waals surface area (Å²) in [6.07, 6.45) is 1.26. The molecule has 1 fully saturated rings. The summed E-state index contributed by atoms with van der Waals surface area (Å²) in [6.45, 7) is 5.61. The van der Waals surface area contributed by atoms with E-state index < -0.39 is 0 Å². The fraction of sp³-hybridized carbons (Fsp3) is 0.368. The van der Waals surface area contributed by atoms with Crippen LogP contribution in [0.4, 0.5) is 5.69 Å². The van der Waals surface area contributed by atoms with Gasteiger partial charge in [-0.3, -0.25) is 0 Å². The minimum absolute atomic E-state index is 0.350. The van der Waals surface area contributed by atoms with Crippen LogP contribution in [0.3, 0.4) is 0 Å². The lowest BCUT2D eigenvalue weighted by Gasteiger charge is -2.34. The molecular formula is C19H23ClN2. The second-order valence-electron chi connectivity index (χ2n) is 6.07. The number of benzene rings is 2. The Morgan fingerprint density at radius 3 is 2.50 bits per heavy atom. The van der Waals surface area contributed by atoms with Gasteiger partial charge in [0, 0.05) is 17.3 Å². The second-order valence-corrected chi connectivity index (χ2v) is 6.51. The van der Waals surface area contributed by atoms with Gasteiger partial charge in [-0.05, 0) is 62.2 Å². The highest BCUT2D eigenvalue weighted by molar-refractivity contribution is 6.30. The molecule has 1 aliphatic rings. The van der Waals surface area contributed by atoms with Gasteiger partial charge in [0.2, 0.25) is 0 Å². The highest BCUT2D eigenvalue weighted by atomic mass is 35.5. The Hall–Kier alpha value is -1.51. The van der Waals surface area contributed by atoms with Crippen LogP contribution < -0.4 is 10.2 Å². The summed E-state index contributed by atoms with van der Waals surface area (Å²) in [5.41, 5.74) is 2.59. The van der Waals surface area contributed by atoms with E-state index in [2.05, 4.69) is 59.6 Å². The van der Waals surface area contributed by atoms with E-state index in [1.807, 2.05) is 12.1 Å². The first-order chi connectivity index (χ1) is 10.7. The van der Waals surface area contributed by atoms with Gasteiger partial charge in [-0.15, -0.1) is 0 Å². The van der Waals surface area contributed by atoms with Crippen molar-refractivity contribution < 1.29 is 0 Å². The van der Waals surface area contributed by atoms with Crippen LogP contribution in [0, 0.1) is 5.92 Å². The summed E-state index contributed by atoms with van der Waals surface area (Å²) >= 11 is 6.05. The maximum Gasteiger partial charge on any atom is 0.0514 e. The average Bonchev–Trinajstić information content (AvgIpc) is 3.07. The van der Waals surface area contributed by atoms with Crippen LogP contribution in [-0.4, -0.2) is 19.6 Å². The normalized spacial score (nSPS) is 19.1. The molecule has 1 N–H and O–H groups in total. The van der Waals surface area contributed by atoms with Crippen molar-refractivity contribution in [1.82, 2.24) is 5.32 Å². The first kappa shape index (κ1) is 15.4. The van der Waals surface area contributed by atoms with Crippen LogP contribution in [0.15, 0.2) is 54.6 Å². The SMILES string of the molecule is C[C@H](c1ccccc1)N(CC1CCNC1)c1ccc(Cl)cc1. The van der Waals surface area contributed by atoms with Gasteiger partial charge in [0.05, 0.1) is 6.04 Å². The van der Waals surface area contributed by atoms with Crippen LogP contribution in [-0.2, 0) is 0 Å². The molecule has 2 aromatic carbocycles. The predicted octanol–water partition coefficient (Wildman–Crippen LogP) is 4.52. The van der Waals surface area contributed by atoms with Crippen LogP contribution in [0.2, 0.25) is 5.02 Å². The molecule has 0 saturated carbocycles. The summed E-state index contributed by atoms with van der Waals surface area (Å²) in [4.78, 5) is 2.50. The van der Waals surface area contributed by atoms with E-state index >= 15 is 0 Å². The van der Waals surface area contributed by atoms with Crippen molar-refractivity contribution in [3.63, 3.8) is 0 Å². The van der Waals surface area contributed by atoms with Crippen LogP contribution in [0.5, 0.6) is 0 Å². The quantitative estimate of drug-likeness (QED) is 0.873. The van der Waals surface area contributed by atoms with Gasteiger partial charge < -0.3 is 10.2 Å². The molecule has 0 amide bonds. The molecule has 0 bridgehead atoms. The Bertz CT molecular complexity index is 576. The zero-order valence-corrected chi connectivity index (χ0v) is 13.8. The predicted molar refractivity (Wildman–Crippen MR) is 94.6 cm³/mol. The maximum atomic E-state index is 6.05. The lowest BCUT2D eigenvalue weighted by atomic mass is 10.0. The third-order valence-corrected chi connectivity index (χ3v) is 4.78. The van der Waals surface area contributed by atoms with E-state index in [-0.39, 0.29) is 0 Å². The monoisotopic (exact) mass is 314 g/mol. The molecule has 0 radical (unpaired) electrons. The van der Waals surface area contributed by atoms with Crippen molar-refractivity contribution in [2.45, 2.75) is 19.4 Å². The fourth-order valence-corrected chi connectivity index (χ4v) is 3.31. The minimum atomic E-state index is 0.350. The van der Waals surface area contributed by atoms with E-state index in [0.717, 1.165) is 24.7 Å². The highest BCUT2D eigenvalue weighted by Gasteiger charge is 2.22. The summed E-state index contributed by atoms with van der Waals surface area (Å²) in [5, 5.41) is 4.26. The van der Waals surface area contributed by atoms with Gasteiger partial charge in [0.25, 0.3) is 0 Å². The van der Waals surface area contributed by atoms with Crippen molar-refractivity contribution in [3.8, 4) is 0 Å². The van der Waals surface area contributed by atoms with Gasteiger partial charge in [-0.1, -0.05) is 41.9 Å². The van der Waals surface area contributed by atoms with Crippen molar-refractivity contribution in [3.05, 3.63) is 65.2 Å². The third-order valence-electron chi connectivity index (χ3n) is 4.53. The van der Waals surface area contributed by atoms with Crippen LogP contribution >= 0.6 is 11.6 Å². The molecule has 0 spiro atoms. The van der Waals surface area contributed by atoms with Crippen molar-refractivity contribution in [2.24, 2.45) is 5.92 Å². The molecule has 2 atom stereocenters. The Kier molecular flexibility index (Phi) is 5.01. The third kappa shape index (κ3) is 3.63. The summed E-state index contributed by atoms with van der Waals surface area (Å²) in [6, 6.07) is 19.3. The lowest BCUT2D eigenvalue weighted by molar-refractivity contribution is 0.527. The topological polar surface area (TPSA) is 15.3 Å². The smallest absolute Gasteiger partial charge is 0.0514 e. The molecule has 1 saturated heterocycles. The Balaban J connectivity index is 1.86. The van der Waals surface area contributed by atoms with Crippen LogP contribution in [0.1, 0.15) is 24.9 Å². The van der Waals surface area contributed by atoms with Gasteiger partial charge in [0.15, 0.2) is 0 Å². The highest BCUT2D eigenvalue weighted by Crippen LogP contribution is 2.29. The standard InChI is InChI=1S/C19H23ClN2/c1-15(17-5-3-2-4-6-17)22(14-16-11-12-21-13-16)19-9-7-18(20)8-10-19/h2-10,15-16,21H,11-14H2,1H3/t15-,16?/m1/s1. The van der Waals surface area contributed by atoms with E-state index in [1.165, 1.54) is 17.7 Å². The second kappa shape index (κ2) is 7.17. The largest absolute Gasteiger partial charge is 0.364 e. The molecular weight excluding hydrogens is 292 g/mol. The minimum Gasteiger partial charge on any atom is -0.364 e. The molecule has 1 aliphatic heterocycles. The summed E-state index contributed by atoms with van der Waals surface area (Å²) < 4.78 is 0. The lowest BCUT2D eigenvalue weighted by Crippen LogP contribution is -2.33. The van der Waals surface area contributed by atoms with E-state index in [4.69, 9.17) is 11.6 Å². The molecule has 3 rings (SSSR count). The van der Waals surface area contributed by atoms with E-state index in [0.29, 0.717) is 12.0 Å². The number of hydrogen-bond acceptors (Lipinski definition) is 2. The summed E-state index contributed by atoms with van der Waals surface area (Å²) in [7, 11) is 0. The molecule has 116 valence electrons. The Morgan fingerprint density at radius 1 is 1.14 bits per heavy atom. The van der Waals surface area contributed by atoms with Gasteiger partial charge >= 0.3 is 0 Å². The zero-order valence-electron chi connectivity index (χ0n) is 13.0. The van der Waals surface area contributed by atoms with Crippen LogP contribution in [0.25, 0.3) is 0 Å².